The zero-order chi connectivity index (χ0) is 18.1. The monoisotopic (exact) mass is 378 g/mol. The number of hydrogen-bond donors (Lipinski definition) is 1. The fourth-order valence-corrected chi connectivity index (χ4v) is 6.47. The second kappa shape index (κ2) is 4.89. The molecule has 2 atom stereocenters. The molecule has 130 valence electrons. The molecule has 2 aromatic rings. The van der Waals surface area contributed by atoms with Gasteiger partial charge in [0.2, 0.25) is 0 Å². The van der Waals surface area contributed by atoms with Gasteiger partial charge in [-0.2, -0.15) is 0 Å². The van der Waals surface area contributed by atoms with E-state index in [0.29, 0.717) is 5.01 Å². The average molecular weight is 378 g/mol. The Balaban J connectivity index is 1.81. The highest BCUT2D eigenvalue weighted by Crippen LogP contribution is 2.49. The average Bonchev–Trinajstić information content (AvgIpc) is 2.99. The Morgan fingerprint density at radius 1 is 1.36 bits per heavy atom. The summed E-state index contributed by atoms with van der Waals surface area (Å²) in [5.41, 5.74) is 0.844. The van der Waals surface area contributed by atoms with E-state index in [4.69, 9.17) is 0 Å². The van der Waals surface area contributed by atoms with E-state index < -0.39 is 37.9 Å². The fourth-order valence-electron chi connectivity index (χ4n) is 3.43. The van der Waals surface area contributed by atoms with Crippen LogP contribution < -0.4 is 0 Å². The van der Waals surface area contributed by atoms with Crippen molar-refractivity contribution >= 4 is 49.3 Å². The molecule has 2 fully saturated rings. The molecule has 0 unspecified atom stereocenters. The number of carboxylic acids is 1. The van der Waals surface area contributed by atoms with Crippen molar-refractivity contribution in [1.29, 1.82) is 0 Å². The summed E-state index contributed by atoms with van der Waals surface area (Å²) in [7, 11) is -3.86. The van der Waals surface area contributed by atoms with Crippen LogP contribution in [0, 0.1) is 0 Å². The van der Waals surface area contributed by atoms with Gasteiger partial charge >= 0.3 is 5.97 Å². The number of aromatic nitrogens is 1. The smallest absolute Gasteiger partial charge is 0.328 e. The summed E-state index contributed by atoms with van der Waals surface area (Å²) in [5.74, 6) is -1.88. The number of amides is 1. The van der Waals surface area contributed by atoms with E-state index in [-0.39, 0.29) is 5.57 Å². The maximum atomic E-state index is 12.8. The predicted octanol–water partition coefficient (Wildman–Crippen LogP) is 1.51. The lowest BCUT2D eigenvalue weighted by Gasteiger charge is -2.37. The molecule has 0 spiro atoms. The van der Waals surface area contributed by atoms with E-state index in [1.165, 1.54) is 31.3 Å². The van der Waals surface area contributed by atoms with E-state index in [1.807, 2.05) is 24.3 Å². The van der Waals surface area contributed by atoms with Crippen molar-refractivity contribution in [2.24, 2.45) is 0 Å². The van der Waals surface area contributed by atoms with Crippen LogP contribution in [0.4, 0.5) is 0 Å². The first-order chi connectivity index (χ1) is 11.7. The summed E-state index contributed by atoms with van der Waals surface area (Å²) in [6.07, 6.45) is 1.46. The number of benzene rings is 1. The molecule has 2 aliphatic rings. The Kier molecular flexibility index (Phi) is 3.17. The lowest BCUT2D eigenvalue weighted by Crippen LogP contribution is -2.58. The van der Waals surface area contributed by atoms with Crippen LogP contribution in [0.25, 0.3) is 16.3 Å². The molecular formula is C16H14N2O5S2. The minimum Gasteiger partial charge on any atom is -0.480 e. The van der Waals surface area contributed by atoms with Gasteiger partial charge < -0.3 is 10.0 Å². The third kappa shape index (κ3) is 1.96. The molecule has 4 rings (SSSR count). The Bertz CT molecular complexity index is 1030. The van der Waals surface area contributed by atoms with Gasteiger partial charge in [-0.05, 0) is 32.1 Å². The van der Waals surface area contributed by atoms with E-state index in [0.717, 1.165) is 15.1 Å². The molecule has 25 heavy (non-hydrogen) atoms. The summed E-state index contributed by atoms with van der Waals surface area (Å²) in [4.78, 5) is 29.3. The number of nitrogens with zero attached hydrogens (tertiary/aromatic N) is 2. The first-order valence-electron chi connectivity index (χ1n) is 7.52. The Labute approximate surface area is 147 Å². The lowest BCUT2D eigenvalue weighted by atomic mass is 9.95. The van der Waals surface area contributed by atoms with Crippen LogP contribution in [0.15, 0.2) is 29.8 Å². The van der Waals surface area contributed by atoms with Gasteiger partial charge in [-0.25, -0.2) is 18.2 Å². The number of carbonyl (C=O) groups excluding carboxylic acids is 1. The number of β-lactam (4-membered cyclic amide) rings is 1. The molecule has 9 heteroatoms. The highest BCUT2D eigenvalue weighted by atomic mass is 32.2. The molecule has 2 saturated heterocycles. The summed E-state index contributed by atoms with van der Waals surface area (Å²) >= 11 is 1.35. The van der Waals surface area contributed by atoms with Crippen LogP contribution >= 0.6 is 11.3 Å². The van der Waals surface area contributed by atoms with Crippen LogP contribution in [0.3, 0.4) is 0 Å². The quantitative estimate of drug-likeness (QED) is 0.627. The fraction of sp³-hybridized carbons (Fsp3) is 0.312. The largest absolute Gasteiger partial charge is 0.480 e. The molecule has 0 radical (unpaired) electrons. The number of aliphatic carboxylic acids is 1. The van der Waals surface area contributed by atoms with Crippen LogP contribution in [0.5, 0.6) is 0 Å². The maximum Gasteiger partial charge on any atom is 0.328 e. The van der Waals surface area contributed by atoms with Crippen molar-refractivity contribution < 1.29 is 23.1 Å². The highest BCUT2D eigenvalue weighted by Gasteiger charge is 2.70. The molecule has 1 aromatic heterocycles. The summed E-state index contributed by atoms with van der Waals surface area (Å²) in [6, 6.07) is 6.05. The number of carboxylic acid groups (broad SMARTS) is 1. The van der Waals surface area contributed by atoms with Gasteiger partial charge in [-0.15, -0.1) is 11.3 Å². The van der Waals surface area contributed by atoms with Crippen molar-refractivity contribution in [2.75, 3.05) is 0 Å². The summed E-state index contributed by atoms with van der Waals surface area (Å²) in [5, 5.41) is 8.71. The normalized spacial score (nSPS) is 28.2. The molecule has 1 amide bonds. The van der Waals surface area contributed by atoms with Crippen molar-refractivity contribution in [3.05, 3.63) is 34.8 Å². The predicted molar refractivity (Wildman–Crippen MR) is 92.7 cm³/mol. The van der Waals surface area contributed by atoms with E-state index in [9.17, 15) is 23.1 Å². The molecule has 0 saturated carbocycles. The Morgan fingerprint density at radius 3 is 2.68 bits per heavy atom. The van der Waals surface area contributed by atoms with E-state index in [1.54, 1.807) is 0 Å². The van der Waals surface area contributed by atoms with Gasteiger partial charge in [0.1, 0.15) is 9.75 Å². The molecule has 3 heterocycles. The number of rotatable bonds is 2. The van der Waals surface area contributed by atoms with Crippen LogP contribution in [-0.2, 0) is 19.4 Å². The SMILES string of the molecule is CC1(C)[C@H](C(=O)O)N2C(=O)C(=Cc3nc4ccccc4s3)[C@H]2S1(=O)=O. The van der Waals surface area contributed by atoms with Crippen LogP contribution in [0.2, 0.25) is 0 Å². The van der Waals surface area contributed by atoms with Gasteiger partial charge in [0.15, 0.2) is 21.3 Å². The minimum atomic E-state index is -3.86. The first kappa shape index (κ1) is 16.2. The van der Waals surface area contributed by atoms with Crippen LogP contribution in [-0.4, -0.2) is 51.4 Å². The van der Waals surface area contributed by atoms with Gasteiger partial charge in [-0.1, -0.05) is 12.1 Å². The third-order valence-corrected chi connectivity index (χ3v) is 8.53. The van der Waals surface area contributed by atoms with Crippen molar-refractivity contribution in [3.8, 4) is 0 Å². The Hall–Kier alpha value is -2.26. The number of fused-ring (bicyclic) bond motifs is 2. The third-order valence-electron chi connectivity index (χ3n) is 4.79. The van der Waals surface area contributed by atoms with Gasteiger partial charge in [0.05, 0.1) is 15.8 Å². The molecule has 2 aliphatic heterocycles. The topological polar surface area (TPSA) is 105 Å². The molecule has 0 bridgehead atoms. The zero-order valence-corrected chi connectivity index (χ0v) is 15.0. The lowest BCUT2D eigenvalue weighted by molar-refractivity contribution is -0.152. The second-order valence-corrected chi connectivity index (χ2v) is 10.2. The van der Waals surface area contributed by atoms with Crippen molar-refractivity contribution in [3.63, 3.8) is 0 Å². The van der Waals surface area contributed by atoms with Crippen molar-refractivity contribution in [1.82, 2.24) is 9.88 Å². The molecule has 1 N–H and O–H groups in total. The highest BCUT2D eigenvalue weighted by molar-refractivity contribution is 7.94. The molecular weight excluding hydrogens is 364 g/mol. The number of hydrogen-bond acceptors (Lipinski definition) is 6. The van der Waals surface area contributed by atoms with Gasteiger partial charge in [-0.3, -0.25) is 4.79 Å². The maximum absolute atomic E-state index is 12.8. The van der Waals surface area contributed by atoms with Crippen molar-refractivity contribution in [2.45, 2.75) is 30.0 Å². The first-order valence-corrected chi connectivity index (χ1v) is 9.88. The standard InChI is InChI=1S/C16H14N2O5S2/c1-16(2)12(15(20)21)18-13(19)8(14(18)25(16,22)23)7-11-17-9-5-3-4-6-10(9)24-11/h3-7,12,14H,1-2H3,(H,20,21)/t12-,14+/m0/s1. The Morgan fingerprint density at radius 2 is 2.04 bits per heavy atom. The zero-order valence-electron chi connectivity index (χ0n) is 13.3. The van der Waals surface area contributed by atoms with Gasteiger partial charge in [0.25, 0.3) is 5.91 Å². The number of sulfone groups is 1. The number of para-hydroxylation sites is 1. The van der Waals surface area contributed by atoms with E-state index in [2.05, 4.69) is 4.98 Å². The molecule has 7 nitrogen and oxygen atoms in total. The number of carbonyl (C=O) groups is 2. The van der Waals surface area contributed by atoms with E-state index >= 15 is 0 Å². The van der Waals surface area contributed by atoms with Crippen LogP contribution in [0.1, 0.15) is 18.9 Å². The molecule has 1 aromatic carbocycles. The summed E-state index contributed by atoms with van der Waals surface area (Å²) in [6.45, 7) is 2.70. The van der Waals surface area contributed by atoms with Gasteiger partial charge in [0, 0.05) is 0 Å². The minimum absolute atomic E-state index is 0.0795. The summed E-state index contributed by atoms with van der Waals surface area (Å²) < 4.78 is 25.0. The second-order valence-electron chi connectivity index (χ2n) is 6.57. The number of thiazole rings is 1. The molecule has 0 aliphatic carbocycles.